The number of hydrogen-bond donors (Lipinski definition) is 3. The Kier molecular flexibility index (Phi) is 10.5. The van der Waals surface area contributed by atoms with E-state index in [4.69, 9.17) is 21.1 Å². The van der Waals surface area contributed by atoms with Gasteiger partial charge in [-0.05, 0) is 59.4 Å². The molecule has 2 heterocycles. The van der Waals surface area contributed by atoms with Gasteiger partial charge in [-0.3, -0.25) is 0 Å². The van der Waals surface area contributed by atoms with Gasteiger partial charge in [0, 0.05) is 42.7 Å². The van der Waals surface area contributed by atoms with Gasteiger partial charge in [-0.25, -0.2) is 13.1 Å². The van der Waals surface area contributed by atoms with Crippen LogP contribution in [0.1, 0.15) is 60.0 Å². The number of nitrogens with one attached hydrogen (secondary N) is 1. The highest BCUT2D eigenvalue weighted by molar-refractivity contribution is 7.89. The summed E-state index contributed by atoms with van der Waals surface area (Å²) < 4.78 is 41.3. The first kappa shape index (κ1) is 33.8. The first-order chi connectivity index (χ1) is 22.6. The average Bonchev–Trinajstić information content (AvgIpc) is 3.10. The third-order valence-electron chi connectivity index (χ3n) is 9.40. The fourth-order valence-corrected chi connectivity index (χ4v) is 7.56. The minimum atomic E-state index is -3.63. The predicted octanol–water partition coefficient (Wildman–Crippen LogP) is 6.09. The van der Waals surface area contributed by atoms with Crippen molar-refractivity contribution in [1.29, 1.82) is 0 Å². The number of ether oxygens (including phenoxy) is 2. The third kappa shape index (κ3) is 7.96. The van der Waals surface area contributed by atoms with Gasteiger partial charge < -0.3 is 24.6 Å². The second-order valence-electron chi connectivity index (χ2n) is 12.5. The van der Waals surface area contributed by atoms with E-state index in [1.165, 1.54) is 0 Å². The van der Waals surface area contributed by atoms with Crippen LogP contribution in [0.5, 0.6) is 0 Å². The zero-order valence-electron chi connectivity index (χ0n) is 26.3. The molecule has 8 nitrogen and oxygen atoms in total. The van der Waals surface area contributed by atoms with Crippen molar-refractivity contribution in [2.24, 2.45) is 5.92 Å². The van der Waals surface area contributed by atoms with Crippen molar-refractivity contribution in [1.82, 2.24) is 9.62 Å². The van der Waals surface area contributed by atoms with Crippen molar-refractivity contribution < 1.29 is 28.1 Å². The lowest BCUT2D eigenvalue weighted by atomic mass is 9.84. The SMILES string of the molecule is C[C@H]1[C@@H](CN2CCC(O)(c3ccc(Cl)cc3)CC2)O[C@@H](c2ccc(CNS(=O)(=O)c3ccccc3)cc2)O[C@H]1c1ccc(CO)cc1. The molecule has 10 heteroatoms. The third-order valence-corrected chi connectivity index (χ3v) is 11.1. The summed E-state index contributed by atoms with van der Waals surface area (Å²) in [5, 5.41) is 21.6. The lowest BCUT2D eigenvalue weighted by Gasteiger charge is -2.45. The molecule has 2 aliphatic heterocycles. The van der Waals surface area contributed by atoms with Gasteiger partial charge in [0.1, 0.15) is 0 Å². The molecule has 0 unspecified atom stereocenters. The molecule has 4 aromatic rings. The molecule has 2 fully saturated rings. The van der Waals surface area contributed by atoms with Crippen LogP contribution in [0.2, 0.25) is 5.02 Å². The van der Waals surface area contributed by atoms with Crippen LogP contribution in [-0.4, -0.2) is 49.3 Å². The second kappa shape index (κ2) is 14.6. The van der Waals surface area contributed by atoms with Crippen LogP contribution in [0.3, 0.4) is 0 Å². The molecule has 47 heavy (non-hydrogen) atoms. The summed E-state index contributed by atoms with van der Waals surface area (Å²) in [5.74, 6) is 0.0231. The average molecular weight is 677 g/mol. The number of rotatable bonds is 10. The van der Waals surface area contributed by atoms with Crippen molar-refractivity contribution in [2.75, 3.05) is 19.6 Å². The molecule has 0 saturated carbocycles. The zero-order valence-corrected chi connectivity index (χ0v) is 27.9. The first-order valence-corrected chi connectivity index (χ1v) is 17.8. The largest absolute Gasteiger partial charge is 0.392 e. The van der Waals surface area contributed by atoms with E-state index in [2.05, 4.69) is 16.5 Å². The van der Waals surface area contributed by atoms with E-state index in [1.54, 1.807) is 30.3 Å². The number of hydrogen-bond acceptors (Lipinski definition) is 7. The standard InChI is InChI=1S/C37H41ClN2O6S/c1-26-34(24-40-21-19-37(42,20-22-40)31-15-17-32(38)18-16-31)45-36(46-35(26)29-11-9-28(25-41)10-12-29)30-13-7-27(8-14-30)23-39-47(43,44)33-5-3-2-4-6-33/h2-18,26,34-36,39,41-42H,19-25H2,1H3/t26-,34+,35+,36+/m0/s1. The van der Waals surface area contributed by atoms with Gasteiger partial charge in [-0.1, -0.05) is 97.4 Å². The maximum absolute atomic E-state index is 12.7. The van der Waals surface area contributed by atoms with Crippen molar-refractivity contribution in [3.63, 3.8) is 0 Å². The maximum atomic E-state index is 12.7. The zero-order chi connectivity index (χ0) is 33.0. The van der Waals surface area contributed by atoms with E-state index >= 15 is 0 Å². The van der Waals surface area contributed by atoms with Crippen LogP contribution in [0.25, 0.3) is 0 Å². The minimum Gasteiger partial charge on any atom is -0.392 e. The molecule has 0 amide bonds. The van der Waals surface area contributed by atoms with Crippen molar-refractivity contribution in [2.45, 2.75) is 61.9 Å². The van der Waals surface area contributed by atoms with E-state index < -0.39 is 21.9 Å². The van der Waals surface area contributed by atoms with Gasteiger partial charge in [0.25, 0.3) is 0 Å². The molecule has 0 aliphatic carbocycles. The summed E-state index contributed by atoms with van der Waals surface area (Å²) in [6.45, 7) is 4.40. The van der Waals surface area contributed by atoms with Gasteiger partial charge in [0.15, 0.2) is 6.29 Å². The maximum Gasteiger partial charge on any atom is 0.240 e. The number of benzene rings is 4. The molecule has 4 aromatic carbocycles. The number of aliphatic hydroxyl groups is 2. The highest BCUT2D eigenvalue weighted by Gasteiger charge is 2.41. The first-order valence-electron chi connectivity index (χ1n) is 16.0. The Labute approximate surface area is 282 Å². The monoisotopic (exact) mass is 676 g/mol. The van der Waals surface area contributed by atoms with Crippen LogP contribution in [0.15, 0.2) is 108 Å². The summed E-state index contributed by atoms with van der Waals surface area (Å²) in [7, 11) is -3.63. The molecule has 248 valence electrons. The van der Waals surface area contributed by atoms with Crippen LogP contribution < -0.4 is 4.72 Å². The Bertz CT molecular complexity index is 1710. The molecule has 3 N–H and O–H groups in total. The number of piperidine rings is 1. The van der Waals surface area contributed by atoms with Gasteiger partial charge in [-0.2, -0.15) is 0 Å². The Hall–Kier alpha value is -3.12. The summed E-state index contributed by atoms with van der Waals surface area (Å²) in [6, 6.07) is 31.2. The summed E-state index contributed by atoms with van der Waals surface area (Å²) >= 11 is 6.08. The quantitative estimate of drug-likeness (QED) is 0.187. The Morgan fingerprint density at radius 2 is 1.47 bits per heavy atom. The smallest absolute Gasteiger partial charge is 0.240 e. The van der Waals surface area contributed by atoms with Crippen LogP contribution in [0.4, 0.5) is 0 Å². The van der Waals surface area contributed by atoms with Gasteiger partial charge >= 0.3 is 0 Å². The van der Waals surface area contributed by atoms with Gasteiger partial charge in [-0.15, -0.1) is 0 Å². The fraction of sp³-hybridized carbons (Fsp3) is 0.351. The minimum absolute atomic E-state index is 0.0231. The van der Waals surface area contributed by atoms with E-state index in [-0.39, 0.29) is 36.2 Å². The second-order valence-corrected chi connectivity index (χ2v) is 14.7. The lowest BCUT2D eigenvalue weighted by molar-refractivity contribution is -0.277. The lowest BCUT2D eigenvalue weighted by Crippen LogP contribution is -2.49. The molecule has 4 atom stereocenters. The number of halogens is 1. The predicted molar refractivity (Wildman–Crippen MR) is 181 cm³/mol. The van der Waals surface area contributed by atoms with Crippen LogP contribution >= 0.6 is 11.6 Å². The summed E-state index contributed by atoms with van der Waals surface area (Å²) in [6.07, 6.45) is 0.175. The van der Waals surface area contributed by atoms with E-state index in [0.29, 0.717) is 24.4 Å². The number of sulfonamides is 1. The van der Waals surface area contributed by atoms with E-state index in [9.17, 15) is 18.6 Å². The molecule has 6 rings (SSSR count). The van der Waals surface area contributed by atoms with Crippen LogP contribution in [-0.2, 0) is 38.2 Å². The fourth-order valence-electron chi connectivity index (χ4n) is 6.39. The van der Waals surface area contributed by atoms with Crippen LogP contribution in [0, 0.1) is 5.92 Å². The molecule has 0 radical (unpaired) electrons. The van der Waals surface area contributed by atoms with E-state index in [1.807, 2.05) is 72.8 Å². The molecular formula is C37H41ClN2O6S. The molecule has 0 bridgehead atoms. The summed E-state index contributed by atoms with van der Waals surface area (Å²) in [5.41, 5.74) is 3.49. The topological polar surface area (TPSA) is 108 Å². The molecule has 0 spiro atoms. The molecule has 2 aliphatic rings. The molecule has 2 saturated heterocycles. The highest BCUT2D eigenvalue weighted by atomic mass is 35.5. The molecule has 0 aromatic heterocycles. The Morgan fingerprint density at radius 1 is 0.851 bits per heavy atom. The van der Waals surface area contributed by atoms with Crippen molar-refractivity contribution in [3.05, 3.63) is 136 Å². The number of aliphatic hydroxyl groups excluding tert-OH is 1. The highest BCUT2D eigenvalue weighted by Crippen LogP contribution is 2.42. The summed E-state index contributed by atoms with van der Waals surface area (Å²) in [4.78, 5) is 2.57. The van der Waals surface area contributed by atoms with Crippen molar-refractivity contribution >= 4 is 21.6 Å². The Morgan fingerprint density at radius 3 is 2.11 bits per heavy atom. The molecular weight excluding hydrogens is 636 g/mol. The normalized spacial score (nSPS) is 23.4. The van der Waals surface area contributed by atoms with E-state index in [0.717, 1.165) is 40.9 Å². The van der Waals surface area contributed by atoms with Gasteiger partial charge in [0.2, 0.25) is 10.0 Å². The number of nitrogens with zero attached hydrogens (tertiary/aromatic N) is 1. The van der Waals surface area contributed by atoms with Gasteiger partial charge in [0.05, 0.1) is 29.3 Å². The van der Waals surface area contributed by atoms with Crippen molar-refractivity contribution in [3.8, 4) is 0 Å². The Balaban J connectivity index is 1.16. The number of likely N-dealkylation sites (tertiary alicyclic amines) is 1.